The predicted molar refractivity (Wildman–Crippen MR) is 111 cm³/mol. The highest BCUT2D eigenvalue weighted by atomic mass is 19.4. The number of aromatic nitrogens is 5. The molecule has 0 fully saturated rings. The van der Waals surface area contributed by atoms with E-state index in [2.05, 4.69) is 15.0 Å². The van der Waals surface area contributed by atoms with Crippen molar-refractivity contribution in [2.45, 2.75) is 25.6 Å². The number of anilines is 1. The number of H-pyrrole nitrogens is 1. The van der Waals surface area contributed by atoms with Crippen LogP contribution in [0.15, 0.2) is 30.6 Å². The molecule has 0 aliphatic heterocycles. The molecule has 0 atom stereocenters. The molecule has 3 heterocycles. The van der Waals surface area contributed by atoms with E-state index in [1.54, 1.807) is 12.1 Å². The number of nitrogens with two attached hydrogens (primary N) is 2. The number of aromatic hydroxyl groups is 1. The summed E-state index contributed by atoms with van der Waals surface area (Å²) in [6.07, 6.45) is -1.80. The van der Waals surface area contributed by atoms with Crippen LogP contribution in [0.25, 0.3) is 33.3 Å². The summed E-state index contributed by atoms with van der Waals surface area (Å²) < 4.78 is 33.6. The fourth-order valence-corrected chi connectivity index (χ4v) is 3.03. The van der Waals surface area contributed by atoms with Crippen LogP contribution in [-0.2, 0) is 11.3 Å². The van der Waals surface area contributed by atoms with Gasteiger partial charge in [0.25, 0.3) is 0 Å². The van der Waals surface area contributed by atoms with Gasteiger partial charge in [0, 0.05) is 17.4 Å². The fourth-order valence-electron chi connectivity index (χ4n) is 3.03. The van der Waals surface area contributed by atoms with E-state index in [-0.39, 0.29) is 5.75 Å². The van der Waals surface area contributed by atoms with Crippen molar-refractivity contribution < 1.29 is 28.2 Å². The number of fused-ring (bicyclic) bond motifs is 2. The van der Waals surface area contributed by atoms with Crippen molar-refractivity contribution in [3.8, 4) is 17.1 Å². The number of carboxylic acids is 1. The number of carbonyl (C=O) groups is 1. The zero-order valence-corrected chi connectivity index (χ0v) is 16.6. The van der Waals surface area contributed by atoms with Crippen LogP contribution in [0.1, 0.15) is 12.8 Å². The Bertz CT molecular complexity index is 1250. The number of phenols is 1. The van der Waals surface area contributed by atoms with Crippen molar-refractivity contribution >= 4 is 33.7 Å². The zero-order valence-electron chi connectivity index (χ0n) is 16.6. The average molecular weight is 451 g/mol. The quantitative estimate of drug-likeness (QED) is 0.288. The van der Waals surface area contributed by atoms with Crippen LogP contribution in [0.2, 0.25) is 0 Å². The van der Waals surface area contributed by atoms with E-state index in [9.17, 15) is 18.3 Å². The second-order valence-electron chi connectivity index (χ2n) is 6.78. The number of carboxylic acid groups (broad SMARTS) is 1. The molecule has 32 heavy (non-hydrogen) atoms. The molecule has 0 aliphatic rings. The molecule has 4 rings (SSSR count). The van der Waals surface area contributed by atoms with E-state index in [0.717, 1.165) is 34.8 Å². The molecule has 0 unspecified atom stereocenters. The number of unbranched alkanes of at least 4 members (excludes halogenated alkanes) is 1. The van der Waals surface area contributed by atoms with Gasteiger partial charge in [-0.3, -0.25) is 0 Å². The number of nitrogen functional groups attached to an aromatic ring is 1. The number of nitrogens with zero attached hydrogens (tertiary/aromatic N) is 4. The minimum Gasteiger partial charge on any atom is -0.508 e. The molecule has 170 valence electrons. The molecule has 0 amide bonds. The predicted octanol–water partition coefficient (Wildman–Crippen LogP) is 2.63. The number of phenolic OH excluding ortho intramolecular Hbond substituents is 1. The second kappa shape index (κ2) is 9.09. The molecule has 7 N–H and O–H groups in total. The first-order valence-electron chi connectivity index (χ1n) is 9.41. The monoisotopic (exact) mass is 451 g/mol. The number of benzene rings is 1. The highest BCUT2D eigenvalue weighted by Gasteiger charge is 2.38. The molecule has 0 saturated carbocycles. The lowest BCUT2D eigenvalue weighted by atomic mass is 10.2. The lowest BCUT2D eigenvalue weighted by Crippen LogP contribution is -2.21. The van der Waals surface area contributed by atoms with E-state index in [4.69, 9.17) is 26.5 Å². The van der Waals surface area contributed by atoms with Crippen molar-refractivity contribution in [1.82, 2.24) is 24.7 Å². The molecular weight excluding hydrogens is 431 g/mol. The lowest BCUT2D eigenvalue weighted by Gasteiger charge is -2.01. The van der Waals surface area contributed by atoms with Gasteiger partial charge in [0.1, 0.15) is 23.6 Å². The Hall–Kier alpha value is -3.87. The molecular formula is C19H20F3N7O3. The molecule has 0 saturated heterocycles. The summed E-state index contributed by atoms with van der Waals surface area (Å²) in [5.41, 5.74) is 14.8. The number of hydrogen-bond donors (Lipinski definition) is 5. The van der Waals surface area contributed by atoms with Crippen molar-refractivity contribution in [2.75, 3.05) is 12.3 Å². The maximum Gasteiger partial charge on any atom is 0.490 e. The SMILES string of the molecule is NCCCCn1nc(-c2cc3cc(O)ccc3[nH]2)c2c(N)ncnc21.O=C(O)C(F)(F)F. The van der Waals surface area contributed by atoms with Gasteiger partial charge < -0.3 is 26.7 Å². The maximum absolute atomic E-state index is 10.6. The van der Waals surface area contributed by atoms with Gasteiger partial charge in [-0.15, -0.1) is 0 Å². The van der Waals surface area contributed by atoms with Crippen molar-refractivity contribution in [2.24, 2.45) is 5.73 Å². The van der Waals surface area contributed by atoms with E-state index >= 15 is 0 Å². The van der Waals surface area contributed by atoms with Crippen LogP contribution in [0.4, 0.5) is 19.0 Å². The average Bonchev–Trinajstić information content (AvgIpc) is 3.30. The van der Waals surface area contributed by atoms with E-state index in [1.807, 2.05) is 16.8 Å². The highest BCUT2D eigenvalue weighted by molar-refractivity contribution is 5.99. The van der Waals surface area contributed by atoms with Crippen LogP contribution >= 0.6 is 0 Å². The number of nitrogens with one attached hydrogen (secondary N) is 1. The maximum atomic E-state index is 10.6. The summed E-state index contributed by atoms with van der Waals surface area (Å²) in [4.78, 5) is 20.7. The molecule has 13 heteroatoms. The zero-order chi connectivity index (χ0) is 23.5. The fraction of sp³-hybridized carbons (Fsp3) is 0.263. The highest BCUT2D eigenvalue weighted by Crippen LogP contribution is 2.32. The number of hydrogen-bond acceptors (Lipinski definition) is 7. The third-order valence-corrected chi connectivity index (χ3v) is 4.48. The van der Waals surface area contributed by atoms with Gasteiger partial charge in [0.2, 0.25) is 0 Å². The number of alkyl halides is 3. The summed E-state index contributed by atoms with van der Waals surface area (Å²) in [6, 6.07) is 7.11. The topological polar surface area (TPSA) is 169 Å². The van der Waals surface area contributed by atoms with Gasteiger partial charge in [-0.1, -0.05) is 0 Å². The van der Waals surface area contributed by atoms with Crippen LogP contribution in [0.5, 0.6) is 5.75 Å². The molecule has 3 aromatic heterocycles. The minimum absolute atomic E-state index is 0.220. The van der Waals surface area contributed by atoms with E-state index in [1.165, 1.54) is 6.33 Å². The first-order valence-corrected chi connectivity index (χ1v) is 9.41. The van der Waals surface area contributed by atoms with Gasteiger partial charge in [0.15, 0.2) is 5.65 Å². The Kier molecular flexibility index (Phi) is 6.48. The standard InChI is InChI=1S/C17H19N7O.C2HF3O2/c18-5-1-2-6-24-17-14(16(19)20-9-21-17)15(23-24)13-8-10-7-11(25)3-4-12(10)22-13;3-2(4,5)1(6)7/h3-4,7-9,22,25H,1-2,5-6,18H2,(H2,19,20,21);(H,6,7). The molecule has 10 nitrogen and oxygen atoms in total. The van der Waals surface area contributed by atoms with E-state index < -0.39 is 12.1 Å². The molecule has 0 bridgehead atoms. The van der Waals surface area contributed by atoms with Crippen LogP contribution < -0.4 is 11.5 Å². The van der Waals surface area contributed by atoms with Crippen LogP contribution in [0, 0.1) is 0 Å². The van der Waals surface area contributed by atoms with E-state index in [0.29, 0.717) is 30.2 Å². The number of aromatic amines is 1. The van der Waals surface area contributed by atoms with Crippen molar-refractivity contribution in [3.05, 3.63) is 30.6 Å². The summed E-state index contributed by atoms with van der Waals surface area (Å²) in [5.74, 6) is -2.14. The first-order chi connectivity index (χ1) is 15.1. The Morgan fingerprint density at radius 3 is 2.56 bits per heavy atom. The van der Waals surface area contributed by atoms with Gasteiger partial charge in [-0.05, 0) is 43.7 Å². The third-order valence-electron chi connectivity index (χ3n) is 4.48. The summed E-state index contributed by atoms with van der Waals surface area (Å²) in [6.45, 7) is 1.36. The Balaban J connectivity index is 0.000000360. The number of aliphatic carboxylic acids is 1. The molecule has 0 spiro atoms. The molecule has 1 aromatic carbocycles. The second-order valence-corrected chi connectivity index (χ2v) is 6.78. The molecule has 0 aliphatic carbocycles. The lowest BCUT2D eigenvalue weighted by molar-refractivity contribution is -0.192. The summed E-state index contributed by atoms with van der Waals surface area (Å²) in [7, 11) is 0. The van der Waals surface area contributed by atoms with Gasteiger partial charge >= 0.3 is 12.1 Å². The number of halogens is 3. The van der Waals surface area contributed by atoms with Crippen LogP contribution in [-0.4, -0.2) is 53.6 Å². The number of rotatable bonds is 5. The summed E-state index contributed by atoms with van der Waals surface area (Å²) in [5, 5.41) is 23.1. The normalized spacial score (nSPS) is 11.5. The van der Waals surface area contributed by atoms with Crippen molar-refractivity contribution in [3.63, 3.8) is 0 Å². The molecule has 4 aromatic rings. The Morgan fingerprint density at radius 2 is 1.91 bits per heavy atom. The Morgan fingerprint density at radius 1 is 1.19 bits per heavy atom. The number of aryl methyl sites for hydroxylation is 1. The molecule has 0 radical (unpaired) electrons. The van der Waals surface area contributed by atoms with Gasteiger partial charge in [-0.2, -0.15) is 18.3 Å². The third kappa shape index (κ3) is 4.88. The van der Waals surface area contributed by atoms with Crippen molar-refractivity contribution in [1.29, 1.82) is 0 Å². The summed E-state index contributed by atoms with van der Waals surface area (Å²) >= 11 is 0. The largest absolute Gasteiger partial charge is 0.508 e. The van der Waals surface area contributed by atoms with Crippen LogP contribution in [0.3, 0.4) is 0 Å². The Labute approximate surface area is 178 Å². The first kappa shape index (κ1) is 22.8. The minimum atomic E-state index is -5.08. The van der Waals surface area contributed by atoms with Gasteiger partial charge in [-0.25, -0.2) is 19.4 Å². The smallest absolute Gasteiger partial charge is 0.490 e. The van der Waals surface area contributed by atoms with Gasteiger partial charge in [0.05, 0.1) is 11.1 Å².